The van der Waals surface area contributed by atoms with E-state index in [9.17, 15) is 0 Å². The average molecular weight is 492 g/mol. The molecule has 0 amide bonds. The molecule has 3 aromatic carbocycles. The Hall–Kier alpha value is -2.33. The maximum atomic E-state index is 6.62. The van der Waals surface area contributed by atoms with Gasteiger partial charge in [0.15, 0.2) is 0 Å². The van der Waals surface area contributed by atoms with Crippen molar-refractivity contribution in [3.05, 3.63) is 92.6 Å². The molecule has 1 nitrogen and oxygen atoms in total. The van der Waals surface area contributed by atoms with Crippen molar-refractivity contribution < 1.29 is 4.42 Å². The Morgan fingerprint density at radius 2 is 1.24 bits per heavy atom. The third-order valence-corrected chi connectivity index (χ3v) is 6.61. The number of rotatable bonds is 4. The zero-order valence-electron chi connectivity index (χ0n) is 17.3. The molecule has 0 N–H and O–H groups in total. The lowest BCUT2D eigenvalue weighted by Gasteiger charge is -2.08. The highest BCUT2D eigenvalue weighted by molar-refractivity contribution is 14.1. The third-order valence-electron chi connectivity index (χ3n) is 5.45. The molecule has 4 aromatic rings. The smallest absolute Gasteiger partial charge is 0.142 e. The van der Waals surface area contributed by atoms with E-state index >= 15 is 0 Å². The Labute approximate surface area is 186 Å². The van der Waals surface area contributed by atoms with Gasteiger partial charge >= 0.3 is 0 Å². The summed E-state index contributed by atoms with van der Waals surface area (Å²) in [6, 6.07) is 24.0. The molecule has 0 aliphatic heterocycles. The molecule has 1 aromatic heterocycles. The molecule has 0 radical (unpaired) electrons. The molecule has 0 spiro atoms. The molecule has 0 saturated heterocycles. The molecule has 0 saturated carbocycles. The van der Waals surface area contributed by atoms with Crippen molar-refractivity contribution in [1.29, 1.82) is 0 Å². The van der Waals surface area contributed by atoms with Gasteiger partial charge in [0.2, 0.25) is 0 Å². The molecule has 146 valence electrons. The van der Waals surface area contributed by atoms with E-state index in [1.807, 2.05) is 0 Å². The van der Waals surface area contributed by atoms with Crippen LogP contribution in [-0.2, 0) is 6.42 Å². The van der Waals surface area contributed by atoms with Crippen molar-refractivity contribution in [1.82, 2.24) is 0 Å². The molecule has 0 fully saturated rings. The van der Waals surface area contributed by atoms with Crippen LogP contribution in [0.15, 0.2) is 71.1 Å². The van der Waals surface area contributed by atoms with Crippen LogP contribution in [0.5, 0.6) is 0 Å². The van der Waals surface area contributed by atoms with Gasteiger partial charge in [-0.05, 0) is 67.0 Å². The quantitative estimate of drug-likeness (QED) is 0.261. The van der Waals surface area contributed by atoms with Crippen LogP contribution in [0.25, 0.3) is 33.8 Å². The number of furan rings is 1. The lowest BCUT2D eigenvalue weighted by molar-refractivity contribution is 0.595. The van der Waals surface area contributed by atoms with Gasteiger partial charge in [0, 0.05) is 25.8 Å². The molecule has 2 heteroatoms. The van der Waals surface area contributed by atoms with Crippen LogP contribution < -0.4 is 0 Å². The maximum absolute atomic E-state index is 6.62. The largest absolute Gasteiger partial charge is 0.455 e. The molecule has 0 aliphatic carbocycles. The van der Waals surface area contributed by atoms with Crippen LogP contribution in [0.4, 0.5) is 0 Å². The maximum Gasteiger partial charge on any atom is 0.142 e. The van der Waals surface area contributed by atoms with Crippen LogP contribution in [0, 0.1) is 24.3 Å². The zero-order chi connectivity index (χ0) is 20.5. The fraction of sp³-hybridized carbons (Fsp3) is 0.185. The Balaban J connectivity index is 2.00. The number of hydrogen-bond donors (Lipinski definition) is 0. The fourth-order valence-corrected chi connectivity index (χ4v) is 4.22. The van der Waals surface area contributed by atoms with Gasteiger partial charge in [0.25, 0.3) is 0 Å². The van der Waals surface area contributed by atoms with E-state index in [1.165, 1.54) is 37.0 Å². The minimum Gasteiger partial charge on any atom is -0.455 e. The second-order valence-corrected chi connectivity index (χ2v) is 8.83. The summed E-state index contributed by atoms with van der Waals surface area (Å²) in [5.41, 5.74) is 9.75. The van der Waals surface area contributed by atoms with Crippen LogP contribution >= 0.6 is 22.6 Å². The number of hydrogen-bond acceptors (Lipinski definition) is 1. The van der Waals surface area contributed by atoms with Crippen LogP contribution in [0.2, 0.25) is 0 Å². The van der Waals surface area contributed by atoms with Gasteiger partial charge < -0.3 is 4.42 Å². The molecule has 0 atom stereocenters. The van der Waals surface area contributed by atoms with Gasteiger partial charge in [-0.15, -0.1) is 0 Å². The van der Waals surface area contributed by atoms with Gasteiger partial charge in [-0.1, -0.05) is 78.7 Å². The Morgan fingerprint density at radius 3 is 1.79 bits per heavy atom. The van der Waals surface area contributed by atoms with E-state index in [0.717, 1.165) is 29.1 Å². The Kier molecular flexibility index (Phi) is 5.64. The highest BCUT2D eigenvalue weighted by atomic mass is 127. The van der Waals surface area contributed by atoms with Crippen LogP contribution in [-0.4, -0.2) is 0 Å². The average Bonchev–Trinajstić information content (AvgIpc) is 3.11. The van der Waals surface area contributed by atoms with Gasteiger partial charge in [0.05, 0.1) is 0 Å². The molecular weight excluding hydrogens is 467 g/mol. The van der Waals surface area contributed by atoms with Crippen LogP contribution in [0.3, 0.4) is 0 Å². The minimum atomic E-state index is 0.916. The number of benzene rings is 3. The van der Waals surface area contributed by atoms with Crippen molar-refractivity contribution in [2.45, 2.75) is 34.1 Å². The summed E-state index contributed by atoms with van der Waals surface area (Å²) >= 11 is 2.41. The van der Waals surface area contributed by atoms with E-state index in [1.54, 1.807) is 0 Å². The lowest BCUT2D eigenvalue weighted by Crippen LogP contribution is -1.89. The molecule has 1 heterocycles. The van der Waals surface area contributed by atoms with E-state index in [4.69, 9.17) is 4.42 Å². The standard InChI is InChI=1S/C27H25IO/c1-5-23-25(20-11-6-17(2)7-12-20)27(22-15-10-19(4)24(28)16-22)29-26(23)21-13-8-18(3)9-14-21/h6-16H,5H2,1-4H3. The minimum absolute atomic E-state index is 0.916. The molecule has 0 bridgehead atoms. The highest BCUT2D eigenvalue weighted by Gasteiger charge is 2.23. The summed E-state index contributed by atoms with van der Waals surface area (Å²) in [7, 11) is 0. The zero-order valence-corrected chi connectivity index (χ0v) is 19.5. The Morgan fingerprint density at radius 1 is 0.690 bits per heavy atom. The molecule has 0 unspecified atom stereocenters. The third kappa shape index (κ3) is 3.91. The fourth-order valence-electron chi connectivity index (χ4n) is 3.70. The second-order valence-electron chi connectivity index (χ2n) is 7.66. The van der Waals surface area contributed by atoms with Gasteiger partial charge in [-0.3, -0.25) is 0 Å². The summed E-state index contributed by atoms with van der Waals surface area (Å²) < 4.78 is 7.88. The SMILES string of the molecule is CCc1c(-c2ccc(C)cc2)oc(-c2ccc(C)c(I)c2)c1-c1ccc(C)cc1. The summed E-state index contributed by atoms with van der Waals surface area (Å²) in [6.07, 6.45) is 0.916. The van der Waals surface area contributed by atoms with Crippen molar-refractivity contribution in [3.63, 3.8) is 0 Å². The first kappa shape index (κ1) is 20.0. The van der Waals surface area contributed by atoms with E-state index in [2.05, 4.69) is 117 Å². The van der Waals surface area contributed by atoms with E-state index in [-0.39, 0.29) is 0 Å². The first-order valence-electron chi connectivity index (χ1n) is 10.0. The monoisotopic (exact) mass is 492 g/mol. The number of halogens is 1. The first-order valence-corrected chi connectivity index (χ1v) is 11.1. The molecule has 4 rings (SSSR count). The second kappa shape index (κ2) is 8.19. The summed E-state index contributed by atoms with van der Waals surface area (Å²) in [5, 5.41) is 0. The van der Waals surface area contributed by atoms with Crippen molar-refractivity contribution in [2.24, 2.45) is 0 Å². The first-order chi connectivity index (χ1) is 14.0. The summed E-state index contributed by atoms with van der Waals surface area (Å²) in [5.74, 6) is 1.94. The number of aryl methyl sites for hydroxylation is 3. The van der Waals surface area contributed by atoms with Crippen LogP contribution in [0.1, 0.15) is 29.2 Å². The van der Waals surface area contributed by atoms with E-state index in [0.29, 0.717) is 0 Å². The molecular formula is C27H25IO. The molecule has 0 aliphatic rings. The van der Waals surface area contributed by atoms with Gasteiger partial charge in [0.1, 0.15) is 11.5 Å². The van der Waals surface area contributed by atoms with E-state index < -0.39 is 0 Å². The lowest BCUT2D eigenvalue weighted by atomic mass is 9.93. The van der Waals surface area contributed by atoms with Crippen molar-refractivity contribution in [2.75, 3.05) is 0 Å². The van der Waals surface area contributed by atoms with Crippen molar-refractivity contribution >= 4 is 22.6 Å². The Bertz CT molecular complexity index is 1150. The summed E-state index contributed by atoms with van der Waals surface area (Å²) in [4.78, 5) is 0. The highest BCUT2D eigenvalue weighted by Crippen LogP contribution is 2.44. The predicted molar refractivity (Wildman–Crippen MR) is 131 cm³/mol. The molecule has 29 heavy (non-hydrogen) atoms. The van der Waals surface area contributed by atoms with Gasteiger partial charge in [-0.2, -0.15) is 0 Å². The van der Waals surface area contributed by atoms with Gasteiger partial charge in [-0.25, -0.2) is 0 Å². The topological polar surface area (TPSA) is 13.1 Å². The predicted octanol–water partition coefficient (Wildman–Crippen LogP) is 8.37. The normalized spacial score (nSPS) is 11.1. The van der Waals surface area contributed by atoms with Crippen molar-refractivity contribution in [3.8, 4) is 33.8 Å². The summed E-state index contributed by atoms with van der Waals surface area (Å²) in [6.45, 7) is 8.59.